The lowest BCUT2D eigenvalue weighted by Crippen LogP contribution is -2.49. The Kier molecular flexibility index (Phi) is 3.98. The van der Waals surface area contributed by atoms with Gasteiger partial charge >= 0.3 is 0 Å². The molecule has 2 saturated heterocycles. The second-order valence-electron chi connectivity index (χ2n) is 5.49. The molecule has 1 amide bonds. The van der Waals surface area contributed by atoms with Crippen molar-refractivity contribution in [3.8, 4) is 0 Å². The molecule has 0 spiro atoms. The molecule has 5 nitrogen and oxygen atoms in total. The number of amides is 1. The summed E-state index contributed by atoms with van der Waals surface area (Å²) in [4.78, 5) is 21.0. The minimum atomic E-state index is 0.0985. The van der Waals surface area contributed by atoms with Gasteiger partial charge in [-0.05, 0) is 25.5 Å². The van der Waals surface area contributed by atoms with E-state index < -0.39 is 0 Å². The van der Waals surface area contributed by atoms with Crippen molar-refractivity contribution in [3.63, 3.8) is 0 Å². The number of likely N-dealkylation sites (tertiary alicyclic amines) is 1. The fourth-order valence-electron chi connectivity index (χ4n) is 3.26. The van der Waals surface area contributed by atoms with Crippen molar-refractivity contribution < 1.29 is 9.53 Å². The highest BCUT2D eigenvalue weighted by Gasteiger charge is 2.37. The number of nitrogens with zero attached hydrogens (tertiary/aromatic N) is 3. The van der Waals surface area contributed by atoms with Gasteiger partial charge in [-0.1, -0.05) is 0 Å². The Morgan fingerprint density at radius 1 is 1.35 bits per heavy atom. The molecule has 0 aromatic carbocycles. The topological polar surface area (TPSA) is 45.7 Å². The Morgan fingerprint density at radius 3 is 2.85 bits per heavy atom. The van der Waals surface area contributed by atoms with Gasteiger partial charge in [0.05, 0.1) is 18.8 Å². The van der Waals surface area contributed by atoms with E-state index in [1.807, 2.05) is 17.0 Å². The Balaban J connectivity index is 1.69. The Morgan fingerprint density at radius 2 is 2.15 bits per heavy atom. The first kappa shape index (κ1) is 13.5. The first-order valence-electron chi connectivity index (χ1n) is 7.30. The molecule has 0 radical (unpaired) electrons. The predicted octanol–water partition coefficient (Wildman–Crippen LogP) is 1.02. The van der Waals surface area contributed by atoms with E-state index in [1.165, 1.54) is 0 Å². The molecule has 2 atom stereocenters. The quantitative estimate of drug-likeness (QED) is 0.808. The summed E-state index contributed by atoms with van der Waals surface area (Å²) in [6.45, 7) is 6.55. The molecule has 3 rings (SSSR count). The van der Waals surface area contributed by atoms with Crippen LogP contribution in [-0.4, -0.2) is 65.6 Å². The van der Waals surface area contributed by atoms with Crippen LogP contribution in [0.15, 0.2) is 24.5 Å². The van der Waals surface area contributed by atoms with E-state index in [-0.39, 0.29) is 11.9 Å². The number of aromatic nitrogens is 1. The van der Waals surface area contributed by atoms with E-state index in [1.54, 1.807) is 12.4 Å². The average molecular weight is 275 g/mol. The maximum Gasteiger partial charge on any atom is 0.255 e. The lowest BCUT2D eigenvalue weighted by Gasteiger charge is -2.35. The minimum Gasteiger partial charge on any atom is -0.379 e. The second-order valence-corrected chi connectivity index (χ2v) is 5.49. The molecule has 2 aliphatic heterocycles. The summed E-state index contributed by atoms with van der Waals surface area (Å²) in [5.41, 5.74) is 0.682. The highest BCUT2D eigenvalue weighted by Crippen LogP contribution is 2.25. The third kappa shape index (κ3) is 2.55. The molecule has 2 aliphatic rings. The van der Waals surface area contributed by atoms with Crippen LogP contribution in [0.1, 0.15) is 23.7 Å². The zero-order valence-corrected chi connectivity index (χ0v) is 11.9. The number of rotatable bonds is 2. The zero-order valence-electron chi connectivity index (χ0n) is 11.9. The highest BCUT2D eigenvalue weighted by atomic mass is 16.5. The first-order valence-corrected chi connectivity index (χ1v) is 7.30. The van der Waals surface area contributed by atoms with E-state index >= 15 is 0 Å². The maximum absolute atomic E-state index is 12.5. The molecule has 1 aromatic heterocycles. The smallest absolute Gasteiger partial charge is 0.255 e. The van der Waals surface area contributed by atoms with Gasteiger partial charge < -0.3 is 9.64 Å². The second kappa shape index (κ2) is 5.89. The van der Waals surface area contributed by atoms with Crippen LogP contribution in [0.4, 0.5) is 0 Å². The van der Waals surface area contributed by atoms with E-state index in [0.717, 1.165) is 39.3 Å². The van der Waals surface area contributed by atoms with Crippen molar-refractivity contribution in [1.29, 1.82) is 0 Å². The number of carbonyl (C=O) groups is 1. The Bertz CT molecular complexity index is 459. The van der Waals surface area contributed by atoms with Crippen molar-refractivity contribution in [2.24, 2.45) is 0 Å². The van der Waals surface area contributed by atoms with Gasteiger partial charge in [-0.15, -0.1) is 0 Å². The van der Waals surface area contributed by atoms with Crippen molar-refractivity contribution in [2.75, 3.05) is 32.8 Å². The number of carbonyl (C=O) groups excluding carboxylic acids is 1. The third-order valence-electron chi connectivity index (χ3n) is 4.40. The van der Waals surface area contributed by atoms with Gasteiger partial charge in [0.2, 0.25) is 0 Å². The summed E-state index contributed by atoms with van der Waals surface area (Å²) in [5, 5.41) is 0. The van der Waals surface area contributed by atoms with Gasteiger partial charge in [0, 0.05) is 44.1 Å². The number of pyridine rings is 1. The summed E-state index contributed by atoms with van der Waals surface area (Å²) < 4.78 is 5.41. The molecule has 0 aliphatic carbocycles. The van der Waals surface area contributed by atoms with Gasteiger partial charge in [0.25, 0.3) is 5.91 Å². The Hall–Kier alpha value is -1.46. The van der Waals surface area contributed by atoms with Gasteiger partial charge in [0.1, 0.15) is 0 Å². The fourth-order valence-corrected chi connectivity index (χ4v) is 3.26. The molecule has 0 saturated carbocycles. The lowest BCUT2D eigenvalue weighted by atomic mass is 10.1. The van der Waals surface area contributed by atoms with E-state index in [4.69, 9.17) is 4.74 Å². The number of hydrogen-bond acceptors (Lipinski definition) is 4. The normalized spacial score (nSPS) is 27.8. The van der Waals surface area contributed by atoms with Crippen molar-refractivity contribution in [1.82, 2.24) is 14.8 Å². The molecule has 3 heterocycles. The number of ether oxygens (including phenoxy) is 1. The molecule has 5 heteroatoms. The average Bonchev–Trinajstić information content (AvgIpc) is 2.90. The largest absolute Gasteiger partial charge is 0.379 e. The summed E-state index contributed by atoms with van der Waals surface area (Å²) >= 11 is 0. The Labute approximate surface area is 119 Å². The van der Waals surface area contributed by atoms with Crippen LogP contribution in [0.2, 0.25) is 0 Å². The van der Waals surface area contributed by atoms with Crippen molar-refractivity contribution in [2.45, 2.75) is 25.4 Å². The molecule has 20 heavy (non-hydrogen) atoms. The summed E-state index contributed by atoms with van der Waals surface area (Å²) in [7, 11) is 0. The van der Waals surface area contributed by atoms with E-state index in [0.29, 0.717) is 11.6 Å². The van der Waals surface area contributed by atoms with Crippen LogP contribution in [0.3, 0.4) is 0 Å². The molecular formula is C15H21N3O2. The highest BCUT2D eigenvalue weighted by molar-refractivity contribution is 5.94. The van der Waals surface area contributed by atoms with Gasteiger partial charge in [-0.25, -0.2) is 0 Å². The molecule has 0 N–H and O–H groups in total. The van der Waals surface area contributed by atoms with Gasteiger partial charge in [-0.2, -0.15) is 0 Å². The van der Waals surface area contributed by atoms with Crippen LogP contribution >= 0.6 is 0 Å². The predicted molar refractivity (Wildman–Crippen MR) is 75.5 cm³/mol. The SMILES string of the molecule is C[C@@H]1[C@H](N2CCOCC2)CCN1C(=O)c1cccnc1. The summed E-state index contributed by atoms with van der Waals surface area (Å²) in [6, 6.07) is 4.36. The molecule has 2 fully saturated rings. The van der Waals surface area contributed by atoms with Crippen molar-refractivity contribution in [3.05, 3.63) is 30.1 Å². The zero-order chi connectivity index (χ0) is 13.9. The summed E-state index contributed by atoms with van der Waals surface area (Å²) in [6.07, 6.45) is 4.39. The maximum atomic E-state index is 12.5. The van der Waals surface area contributed by atoms with Crippen LogP contribution in [0, 0.1) is 0 Å². The number of morpholine rings is 1. The van der Waals surface area contributed by atoms with Gasteiger partial charge in [-0.3, -0.25) is 14.7 Å². The number of hydrogen-bond donors (Lipinski definition) is 0. The van der Waals surface area contributed by atoms with E-state index in [2.05, 4.69) is 16.8 Å². The van der Waals surface area contributed by atoms with Crippen molar-refractivity contribution >= 4 is 5.91 Å². The van der Waals surface area contributed by atoms with Crippen LogP contribution < -0.4 is 0 Å². The fraction of sp³-hybridized carbons (Fsp3) is 0.600. The third-order valence-corrected chi connectivity index (χ3v) is 4.40. The van der Waals surface area contributed by atoms with Crippen LogP contribution in [0.5, 0.6) is 0 Å². The first-order chi connectivity index (χ1) is 9.77. The molecule has 1 aromatic rings. The standard InChI is InChI=1S/C15H21N3O2/c1-12-14(17-7-9-20-10-8-17)4-6-18(12)15(19)13-3-2-5-16-11-13/h2-3,5,11-12,14H,4,6-10H2,1H3/t12-,14-/m1/s1. The summed E-state index contributed by atoms with van der Waals surface area (Å²) in [5.74, 6) is 0.0985. The molecule has 0 unspecified atom stereocenters. The monoisotopic (exact) mass is 275 g/mol. The van der Waals surface area contributed by atoms with Crippen LogP contribution in [-0.2, 0) is 4.74 Å². The van der Waals surface area contributed by atoms with Gasteiger partial charge in [0.15, 0.2) is 0 Å². The molecule has 108 valence electrons. The molecule has 0 bridgehead atoms. The minimum absolute atomic E-state index is 0.0985. The van der Waals surface area contributed by atoms with Crippen LogP contribution in [0.25, 0.3) is 0 Å². The van der Waals surface area contributed by atoms with E-state index in [9.17, 15) is 4.79 Å². The molecular weight excluding hydrogens is 254 g/mol. The lowest BCUT2D eigenvalue weighted by molar-refractivity contribution is 0.0104.